The third-order valence-corrected chi connectivity index (χ3v) is 6.33. The Labute approximate surface area is 146 Å². The van der Waals surface area contributed by atoms with Crippen LogP contribution < -0.4 is 0 Å². The molecule has 2 N–H and O–H groups in total. The second-order valence-corrected chi connectivity index (χ2v) is 8.39. The van der Waals surface area contributed by atoms with E-state index in [2.05, 4.69) is 31.7 Å². The number of allylic oxidation sites excluding steroid dienone is 1. The van der Waals surface area contributed by atoms with Gasteiger partial charge in [0, 0.05) is 12.8 Å². The first-order valence-electron chi connectivity index (χ1n) is 9.44. The first-order valence-corrected chi connectivity index (χ1v) is 9.44. The Balaban J connectivity index is 1.64. The highest BCUT2D eigenvalue weighted by molar-refractivity contribution is 5.74. The third kappa shape index (κ3) is 3.80. The molecular formula is C22H31NO. The van der Waals surface area contributed by atoms with Crippen molar-refractivity contribution in [3.8, 4) is 0 Å². The zero-order valence-electron chi connectivity index (χ0n) is 15.0. The highest BCUT2D eigenvalue weighted by atomic mass is 16.3. The zero-order chi connectivity index (χ0) is 17.2. The summed E-state index contributed by atoms with van der Waals surface area (Å²) in [5, 5.41) is 16.8. The number of aryl methyl sites for hydroxylation is 1. The number of rotatable bonds is 6. The molecule has 1 saturated carbocycles. The summed E-state index contributed by atoms with van der Waals surface area (Å²) in [6, 6.07) is 7.15. The molecule has 2 aliphatic carbocycles. The normalized spacial score (nSPS) is 29.2. The van der Waals surface area contributed by atoms with Crippen LogP contribution in [0.2, 0.25) is 0 Å². The number of fused-ring (bicyclic) bond motifs is 1. The molecule has 0 heterocycles. The molecule has 2 heteroatoms. The van der Waals surface area contributed by atoms with Gasteiger partial charge in [0.15, 0.2) is 0 Å². The molecule has 2 aliphatic rings. The van der Waals surface area contributed by atoms with Gasteiger partial charge >= 0.3 is 0 Å². The van der Waals surface area contributed by atoms with Gasteiger partial charge in [-0.1, -0.05) is 31.7 Å². The van der Waals surface area contributed by atoms with Gasteiger partial charge in [-0.3, -0.25) is 0 Å². The van der Waals surface area contributed by atoms with Crippen molar-refractivity contribution < 1.29 is 5.11 Å². The lowest BCUT2D eigenvalue weighted by Crippen LogP contribution is -2.17. The molecule has 1 fully saturated rings. The maximum absolute atomic E-state index is 9.60. The van der Waals surface area contributed by atoms with Gasteiger partial charge in [0.05, 0.1) is 0 Å². The van der Waals surface area contributed by atoms with Gasteiger partial charge < -0.3 is 10.5 Å². The summed E-state index contributed by atoms with van der Waals surface area (Å²) in [6.45, 7) is 6.45. The van der Waals surface area contributed by atoms with Crippen molar-refractivity contribution in [3.63, 3.8) is 0 Å². The van der Waals surface area contributed by atoms with E-state index in [0.717, 1.165) is 37.2 Å². The summed E-state index contributed by atoms with van der Waals surface area (Å²) >= 11 is 0. The lowest BCUT2D eigenvalue weighted by Gasteiger charge is -2.26. The minimum atomic E-state index is 0.128. The van der Waals surface area contributed by atoms with Crippen molar-refractivity contribution in [1.82, 2.24) is 0 Å². The molecule has 24 heavy (non-hydrogen) atoms. The van der Waals surface area contributed by atoms with Crippen LogP contribution in [0.3, 0.4) is 0 Å². The summed E-state index contributed by atoms with van der Waals surface area (Å²) in [4.78, 5) is 0. The monoisotopic (exact) mass is 325 g/mol. The Hall–Kier alpha value is -1.41. The van der Waals surface area contributed by atoms with E-state index in [0.29, 0.717) is 12.5 Å². The van der Waals surface area contributed by atoms with Crippen molar-refractivity contribution in [2.45, 2.75) is 64.2 Å². The largest absolute Gasteiger partial charge is 0.396 e. The summed E-state index contributed by atoms with van der Waals surface area (Å²) in [5.74, 6) is 1.37. The number of hydrogen-bond donors (Lipinski definition) is 2. The van der Waals surface area contributed by atoms with Gasteiger partial charge in [0.25, 0.3) is 0 Å². The Kier molecular flexibility index (Phi) is 5.24. The quantitative estimate of drug-likeness (QED) is 0.707. The molecule has 1 aromatic carbocycles. The van der Waals surface area contributed by atoms with Crippen molar-refractivity contribution in [1.29, 1.82) is 5.41 Å². The van der Waals surface area contributed by atoms with Gasteiger partial charge in [0.1, 0.15) is 0 Å². The number of aliphatic hydroxyl groups is 1. The molecule has 2 nitrogen and oxygen atoms in total. The molecule has 1 aromatic rings. The molecule has 130 valence electrons. The highest BCUT2D eigenvalue weighted by Gasteiger charge is 2.35. The van der Waals surface area contributed by atoms with E-state index in [1.807, 2.05) is 0 Å². The summed E-state index contributed by atoms with van der Waals surface area (Å²) in [6.07, 6.45) is 10.6. The molecule has 0 bridgehead atoms. The van der Waals surface area contributed by atoms with Crippen LogP contribution in [0.4, 0.5) is 0 Å². The highest BCUT2D eigenvalue weighted by Crippen LogP contribution is 2.46. The summed E-state index contributed by atoms with van der Waals surface area (Å²) in [7, 11) is 0. The molecule has 3 atom stereocenters. The van der Waals surface area contributed by atoms with E-state index in [4.69, 9.17) is 5.41 Å². The number of nitrogens with one attached hydrogen (secondary N) is 1. The first kappa shape index (κ1) is 17.4. The Bertz CT molecular complexity index is 620. The lowest BCUT2D eigenvalue weighted by atomic mass is 9.79. The van der Waals surface area contributed by atoms with Gasteiger partial charge in [0.2, 0.25) is 0 Å². The van der Waals surface area contributed by atoms with Crippen LogP contribution in [0, 0.1) is 16.7 Å². The van der Waals surface area contributed by atoms with Crippen molar-refractivity contribution in [3.05, 3.63) is 47.0 Å². The molecule has 0 aliphatic heterocycles. The summed E-state index contributed by atoms with van der Waals surface area (Å²) in [5.41, 5.74) is 5.64. The fraction of sp³-hybridized carbons (Fsp3) is 0.591. The van der Waals surface area contributed by atoms with E-state index < -0.39 is 0 Å². The van der Waals surface area contributed by atoms with Gasteiger partial charge in [-0.25, -0.2) is 0 Å². The Morgan fingerprint density at radius 3 is 2.92 bits per heavy atom. The third-order valence-electron chi connectivity index (χ3n) is 6.33. The SMILES string of the molecule is C=C(C=N)CC[C@@H]1CCc2cc([C@H]3CC[C@](C)(CO)C3)ccc2C1. The molecule has 0 radical (unpaired) electrons. The minimum Gasteiger partial charge on any atom is -0.396 e. The number of aliphatic hydroxyl groups excluding tert-OH is 1. The van der Waals surface area contributed by atoms with Crippen molar-refractivity contribution in [2.24, 2.45) is 11.3 Å². The average molecular weight is 325 g/mol. The standard InChI is InChI=1S/C22H31NO/c1-16(14-23)3-4-17-5-6-19-12-20(8-7-18(19)11-17)21-9-10-22(2,13-21)15-24/h7-8,12,14,17,21,23-24H,1,3-6,9-11,13,15H2,2H3/t17-,21+,22+/m1/s1. The Morgan fingerprint density at radius 2 is 2.21 bits per heavy atom. The average Bonchev–Trinajstić information content (AvgIpc) is 3.02. The van der Waals surface area contributed by atoms with Gasteiger partial charge in [-0.15, -0.1) is 0 Å². The van der Waals surface area contributed by atoms with Crippen LogP contribution in [0.25, 0.3) is 0 Å². The van der Waals surface area contributed by atoms with Crippen LogP contribution in [0.15, 0.2) is 30.4 Å². The maximum atomic E-state index is 9.60. The smallest absolute Gasteiger partial charge is 0.0484 e. The maximum Gasteiger partial charge on any atom is 0.0484 e. The molecule has 3 rings (SSSR count). The molecule has 0 amide bonds. The van der Waals surface area contributed by atoms with Crippen LogP contribution >= 0.6 is 0 Å². The minimum absolute atomic E-state index is 0.128. The van der Waals surface area contributed by atoms with Crippen LogP contribution in [-0.2, 0) is 12.8 Å². The predicted molar refractivity (Wildman–Crippen MR) is 101 cm³/mol. The van der Waals surface area contributed by atoms with Crippen molar-refractivity contribution >= 4 is 6.21 Å². The number of benzene rings is 1. The molecule has 0 saturated heterocycles. The van der Waals surface area contributed by atoms with Crippen LogP contribution in [-0.4, -0.2) is 17.9 Å². The first-order chi connectivity index (χ1) is 11.5. The predicted octanol–water partition coefficient (Wildman–Crippen LogP) is 5.04. The topological polar surface area (TPSA) is 44.1 Å². The van der Waals surface area contributed by atoms with E-state index in [9.17, 15) is 5.11 Å². The fourth-order valence-electron chi connectivity index (χ4n) is 4.56. The summed E-state index contributed by atoms with van der Waals surface area (Å²) < 4.78 is 0. The second kappa shape index (κ2) is 7.23. The van der Waals surface area contributed by atoms with Crippen molar-refractivity contribution in [2.75, 3.05) is 6.61 Å². The van der Waals surface area contributed by atoms with E-state index in [-0.39, 0.29) is 5.41 Å². The van der Waals surface area contributed by atoms with E-state index >= 15 is 0 Å². The van der Waals surface area contributed by atoms with E-state index in [1.165, 1.54) is 43.0 Å². The van der Waals surface area contributed by atoms with E-state index in [1.54, 1.807) is 5.56 Å². The molecular weight excluding hydrogens is 294 g/mol. The van der Waals surface area contributed by atoms with Gasteiger partial charge in [-0.05, 0) is 90.9 Å². The Morgan fingerprint density at radius 1 is 1.38 bits per heavy atom. The van der Waals surface area contributed by atoms with Crippen LogP contribution in [0.1, 0.15) is 68.1 Å². The number of hydrogen-bond acceptors (Lipinski definition) is 2. The zero-order valence-corrected chi connectivity index (χ0v) is 15.0. The second-order valence-electron chi connectivity index (χ2n) is 8.39. The lowest BCUT2D eigenvalue weighted by molar-refractivity contribution is 0.147. The molecule has 0 spiro atoms. The fourth-order valence-corrected chi connectivity index (χ4v) is 4.56. The molecule has 0 unspecified atom stereocenters. The van der Waals surface area contributed by atoms with Gasteiger partial charge in [-0.2, -0.15) is 0 Å². The van der Waals surface area contributed by atoms with Crippen LogP contribution in [0.5, 0.6) is 0 Å². The molecule has 0 aromatic heterocycles.